The van der Waals surface area contributed by atoms with Crippen molar-refractivity contribution in [3.63, 3.8) is 0 Å². The van der Waals surface area contributed by atoms with E-state index in [1.54, 1.807) is 6.07 Å². The van der Waals surface area contributed by atoms with Gasteiger partial charge in [-0.3, -0.25) is 0 Å². The van der Waals surface area contributed by atoms with Gasteiger partial charge in [-0.15, -0.1) is 22.7 Å². The number of rotatable bonds is 2. The van der Waals surface area contributed by atoms with Crippen molar-refractivity contribution in [1.82, 2.24) is 0 Å². The topological polar surface area (TPSA) is 74.6 Å². The smallest absolute Gasteiger partial charge is 0.346 e. The Morgan fingerprint density at radius 1 is 1.16 bits per heavy atom. The zero-order chi connectivity index (χ0) is 13.7. The Balaban J connectivity index is 2.24. The molecule has 1 aliphatic rings. The number of fused-ring (bicyclic) bond motifs is 3. The maximum atomic E-state index is 11.2. The lowest BCUT2D eigenvalue weighted by molar-refractivity contribution is 0.0690. The van der Waals surface area contributed by atoms with E-state index in [-0.39, 0.29) is 0 Å². The largest absolute Gasteiger partial charge is 0.477 e. The predicted octanol–water partition coefficient (Wildman–Crippen LogP) is 3.28. The molecule has 19 heavy (non-hydrogen) atoms. The SMILES string of the molecule is Cc1sc(C(=O)O)c2c1-c1sc(C(=O)O)cc1CC2. The van der Waals surface area contributed by atoms with E-state index >= 15 is 0 Å². The molecule has 0 aliphatic heterocycles. The molecule has 0 aromatic carbocycles. The second-order valence-corrected chi connectivity index (χ2v) is 6.69. The van der Waals surface area contributed by atoms with Crippen molar-refractivity contribution in [2.75, 3.05) is 0 Å². The lowest BCUT2D eigenvalue weighted by atomic mass is 9.92. The molecule has 6 heteroatoms. The molecule has 0 saturated heterocycles. The van der Waals surface area contributed by atoms with Gasteiger partial charge in [0.25, 0.3) is 0 Å². The molecule has 0 amide bonds. The van der Waals surface area contributed by atoms with Crippen LogP contribution < -0.4 is 0 Å². The molecular weight excluding hydrogens is 284 g/mol. The third kappa shape index (κ3) is 1.79. The third-order valence-corrected chi connectivity index (χ3v) is 5.59. The molecular formula is C13H10O4S2. The average Bonchev–Trinajstić information content (AvgIpc) is 2.89. The maximum Gasteiger partial charge on any atom is 0.346 e. The normalized spacial score (nSPS) is 12.9. The number of carbonyl (C=O) groups is 2. The molecule has 98 valence electrons. The van der Waals surface area contributed by atoms with Gasteiger partial charge in [0, 0.05) is 15.3 Å². The summed E-state index contributed by atoms with van der Waals surface area (Å²) < 4.78 is 0. The Bertz CT molecular complexity index is 709. The summed E-state index contributed by atoms with van der Waals surface area (Å²) in [6, 6.07) is 1.71. The minimum atomic E-state index is -0.924. The van der Waals surface area contributed by atoms with Crippen LogP contribution in [0.4, 0.5) is 0 Å². The molecule has 0 saturated carbocycles. The van der Waals surface area contributed by atoms with Crippen molar-refractivity contribution < 1.29 is 19.8 Å². The molecule has 1 aliphatic carbocycles. The summed E-state index contributed by atoms with van der Waals surface area (Å²) in [6.45, 7) is 1.89. The van der Waals surface area contributed by atoms with E-state index in [0.29, 0.717) is 22.6 Å². The minimum absolute atomic E-state index is 0.320. The fraction of sp³-hybridized carbons (Fsp3) is 0.231. The molecule has 2 N–H and O–H groups in total. The van der Waals surface area contributed by atoms with Crippen molar-refractivity contribution in [2.24, 2.45) is 0 Å². The first-order valence-corrected chi connectivity index (χ1v) is 7.34. The first-order chi connectivity index (χ1) is 8.99. The summed E-state index contributed by atoms with van der Waals surface area (Å²) >= 11 is 2.52. The van der Waals surface area contributed by atoms with Crippen LogP contribution in [0.3, 0.4) is 0 Å². The van der Waals surface area contributed by atoms with Gasteiger partial charge < -0.3 is 10.2 Å². The Kier molecular flexibility index (Phi) is 2.72. The second-order valence-electron chi connectivity index (χ2n) is 4.42. The summed E-state index contributed by atoms with van der Waals surface area (Å²) in [6.07, 6.45) is 1.38. The van der Waals surface area contributed by atoms with E-state index in [1.165, 1.54) is 22.7 Å². The van der Waals surface area contributed by atoms with Gasteiger partial charge in [-0.05, 0) is 37.0 Å². The highest BCUT2D eigenvalue weighted by Crippen LogP contribution is 2.45. The molecule has 2 aromatic rings. The van der Waals surface area contributed by atoms with Crippen LogP contribution in [0.2, 0.25) is 0 Å². The Hall–Kier alpha value is -1.66. The van der Waals surface area contributed by atoms with Gasteiger partial charge in [0.1, 0.15) is 9.75 Å². The van der Waals surface area contributed by atoms with Gasteiger partial charge in [0.15, 0.2) is 0 Å². The van der Waals surface area contributed by atoms with Gasteiger partial charge >= 0.3 is 11.9 Å². The highest BCUT2D eigenvalue weighted by molar-refractivity contribution is 7.19. The summed E-state index contributed by atoms with van der Waals surface area (Å²) in [4.78, 5) is 24.9. The van der Waals surface area contributed by atoms with Crippen LogP contribution in [0.1, 0.15) is 35.3 Å². The predicted molar refractivity (Wildman–Crippen MR) is 73.7 cm³/mol. The van der Waals surface area contributed by atoms with Crippen LogP contribution in [0, 0.1) is 6.92 Å². The number of aryl methyl sites for hydroxylation is 2. The molecule has 0 fully saturated rings. The summed E-state index contributed by atoms with van der Waals surface area (Å²) in [5.74, 6) is -1.82. The molecule has 0 unspecified atom stereocenters. The number of carboxylic acids is 2. The van der Waals surface area contributed by atoms with Crippen molar-refractivity contribution >= 4 is 34.6 Å². The summed E-state index contributed by atoms with van der Waals surface area (Å²) in [5, 5.41) is 18.3. The van der Waals surface area contributed by atoms with Crippen molar-refractivity contribution in [2.45, 2.75) is 19.8 Å². The average molecular weight is 294 g/mol. The number of hydrogen-bond donors (Lipinski definition) is 2. The molecule has 3 rings (SSSR count). The van der Waals surface area contributed by atoms with Crippen molar-refractivity contribution in [3.8, 4) is 10.4 Å². The fourth-order valence-corrected chi connectivity index (χ4v) is 4.78. The lowest BCUT2D eigenvalue weighted by Gasteiger charge is -2.13. The quantitative estimate of drug-likeness (QED) is 0.891. The van der Waals surface area contributed by atoms with Gasteiger partial charge in [-0.1, -0.05) is 0 Å². The fourth-order valence-electron chi connectivity index (χ4n) is 2.49. The monoisotopic (exact) mass is 294 g/mol. The first-order valence-electron chi connectivity index (χ1n) is 5.71. The summed E-state index contributed by atoms with van der Waals surface area (Å²) in [7, 11) is 0. The molecule has 0 spiro atoms. The van der Waals surface area contributed by atoms with Crippen LogP contribution in [0.5, 0.6) is 0 Å². The van der Waals surface area contributed by atoms with E-state index in [9.17, 15) is 14.7 Å². The molecule has 0 radical (unpaired) electrons. The van der Waals surface area contributed by atoms with E-state index in [2.05, 4.69) is 0 Å². The van der Waals surface area contributed by atoms with Gasteiger partial charge in [-0.25, -0.2) is 9.59 Å². The Labute approximate surface area is 116 Å². The molecule has 0 bridgehead atoms. The van der Waals surface area contributed by atoms with E-state index in [0.717, 1.165) is 26.4 Å². The van der Waals surface area contributed by atoms with Crippen LogP contribution in [0.25, 0.3) is 10.4 Å². The van der Waals surface area contributed by atoms with Crippen LogP contribution in [-0.2, 0) is 12.8 Å². The highest BCUT2D eigenvalue weighted by Gasteiger charge is 2.28. The Morgan fingerprint density at radius 3 is 2.53 bits per heavy atom. The molecule has 0 atom stereocenters. The zero-order valence-corrected chi connectivity index (χ0v) is 11.7. The number of carboxylic acid groups (broad SMARTS) is 2. The van der Waals surface area contributed by atoms with E-state index in [4.69, 9.17) is 5.11 Å². The van der Waals surface area contributed by atoms with Crippen LogP contribution in [-0.4, -0.2) is 22.2 Å². The first kappa shape index (κ1) is 12.4. The van der Waals surface area contributed by atoms with E-state index < -0.39 is 11.9 Å². The highest BCUT2D eigenvalue weighted by atomic mass is 32.1. The molecule has 2 heterocycles. The standard InChI is InChI=1S/C13H10O4S2/c1-5-9-7(11(18-5)13(16)17)3-2-6-4-8(12(14)15)19-10(6)9/h4H,2-3H2,1H3,(H,14,15)(H,16,17). The number of aromatic carboxylic acids is 2. The van der Waals surface area contributed by atoms with Crippen LogP contribution >= 0.6 is 22.7 Å². The number of thiophene rings is 2. The Morgan fingerprint density at radius 2 is 1.89 bits per heavy atom. The number of hydrogen-bond acceptors (Lipinski definition) is 4. The van der Waals surface area contributed by atoms with Crippen molar-refractivity contribution in [3.05, 3.63) is 31.8 Å². The van der Waals surface area contributed by atoms with Crippen LogP contribution in [0.15, 0.2) is 6.07 Å². The summed E-state index contributed by atoms with van der Waals surface area (Å²) in [5.41, 5.74) is 2.83. The van der Waals surface area contributed by atoms with Crippen molar-refractivity contribution in [1.29, 1.82) is 0 Å². The van der Waals surface area contributed by atoms with E-state index in [1.807, 2.05) is 6.92 Å². The van der Waals surface area contributed by atoms with Gasteiger partial charge in [0.05, 0.1) is 0 Å². The molecule has 4 nitrogen and oxygen atoms in total. The maximum absolute atomic E-state index is 11.2. The van der Waals surface area contributed by atoms with Gasteiger partial charge in [-0.2, -0.15) is 0 Å². The van der Waals surface area contributed by atoms with Gasteiger partial charge in [0.2, 0.25) is 0 Å². The second kappa shape index (κ2) is 4.18. The zero-order valence-electron chi connectivity index (χ0n) is 10.0. The molecule has 2 aromatic heterocycles. The lowest BCUT2D eigenvalue weighted by Crippen LogP contribution is -2.04. The minimum Gasteiger partial charge on any atom is -0.477 e. The third-order valence-electron chi connectivity index (χ3n) is 3.27.